The van der Waals surface area contributed by atoms with Crippen LogP contribution in [0.2, 0.25) is 0 Å². The molecule has 4 unspecified atom stereocenters. The van der Waals surface area contributed by atoms with Crippen LogP contribution in [-0.4, -0.2) is 23.4 Å². The third-order valence-electron chi connectivity index (χ3n) is 5.35. The summed E-state index contributed by atoms with van der Waals surface area (Å²) in [6, 6.07) is 9.80. The van der Waals surface area contributed by atoms with Crippen molar-refractivity contribution >= 4 is 28.9 Å². The normalized spacial score (nSPS) is 28.1. The molecule has 28 heavy (non-hydrogen) atoms. The lowest BCUT2D eigenvalue weighted by Crippen LogP contribution is -2.70. The largest absolute Gasteiger partial charge is 0.468 e. The van der Waals surface area contributed by atoms with Gasteiger partial charge in [0.1, 0.15) is 5.76 Å². The van der Waals surface area contributed by atoms with Gasteiger partial charge in [0.2, 0.25) is 5.91 Å². The Balaban J connectivity index is 1.81. The van der Waals surface area contributed by atoms with Crippen LogP contribution in [0.3, 0.4) is 0 Å². The lowest BCUT2D eigenvalue weighted by Gasteiger charge is -2.50. The number of anilines is 1. The molecule has 2 aliphatic rings. The molecule has 0 aliphatic carbocycles. The zero-order valence-electron chi connectivity index (χ0n) is 14.9. The first kappa shape index (κ1) is 18.9. The van der Waals surface area contributed by atoms with Crippen molar-refractivity contribution in [1.29, 1.82) is 0 Å². The number of aryl methyl sites for hydroxylation is 1. The molecule has 2 aliphatic heterocycles. The second-order valence-electron chi connectivity index (χ2n) is 7.04. The van der Waals surface area contributed by atoms with E-state index in [9.17, 15) is 18.0 Å². The number of nitrogens with zero attached hydrogens (tertiary/aromatic N) is 1. The van der Waals surface area contributed by atoms with Crippen LogP contribution in [0.4, 0.5) is 18.9 Å². The van der Waals surface area contributed by atoms with Crippen molar-refractivity contribution < 1.29 is 22.4 Å². The van der Waals surface area contributed by atoms with Crippen LogP contribution in [0.5, 0.6) is 0 Å². The Morgan fingerprint density at radius 2 is 1.96 bits per heavy atom. The quantitative estimate of drug-likeness (QED) is 0.742. The maximum atomic E-state index is 13.9. The number of benzene rings is 1. The number of thiocarbonyl (C=S) groups is 1. The third-order valence-corrected chi connectivity index (χ3v) is 5.65. The zero-order chi connectivity index (χ0) is 20.1. The third kappa shape index (κ3) is 3.18. The van der Waals surface area contributed by atoms with Gasteiger partial charge in [-0.25, -0.2) is 0 Å². The fourth-order valence-corrected chi connectivity index (χ4v) is 4.37. The highest BCUT2D eigenvalue weighted by Gasteiger charge is 2.58. The molecule has 2 aromatic rings. The van der Waals surface area contributed by atoms with Gasteiger partial charge in [0.25, 0.3) is 0 Å². The number of carbonyl (C=O) groups excluding carboxylic acids is 1. The van der Waals surface area contributed by atoms with Crippen LogP contribution in [0, 0.1) is 18.8 Å². The summed E-state index contributed by atoms with van der Waals surface area (Å²) in [6.07, 6.45) is -4.36. The van der Waals surface area contributed by atoms with Gasteiger partial charge in [0.05, 0.1) is 30.3 Å². The molecule has 4 atom stereocenters. The molecule has 0 radical (unpaired) electrons. The van der Waals surface area contributed by atoms with E-state index in [0.29, 0.717) is 11.4 Å². The number of hydrogen-bond acceptors (Lipinski definition) is 4. The van der Waals surface area contributed by atoms with Crippen LogP contribution in [0.1, 0.15) is 23.8 Å². The van der Waals surface area contributed by atoms with E-state index in [1.807, 2.05) is 19.1 Å². The summed E-state index contributed by atoms with van der Waals surface area (Å²) in [7, 11) is 0. The van der Waals surface area contributed by atoms with E-state index in [1.165, 1.54) is 6.26 Å². The topological polar surface area (TPSA) is 57.5 Å². The van der Waals surface area contributed by atoms with Crippen LogP contribution in [-0.2, 0) is 4.79 Å². The number of hydrogen-bond donors (Lipinski definition) is 2. The molecule has 3 heterocycles. The molecule has 4 rings (SSSR count). The SMILES string of the molecule is Cc1ccccc1N1C(=S)NC(=O)C2C1NC(c1ccco1)CC2C(F)(F)F. The predicted octanol–water partition coefficient (Wildman–Crippen LogP) is 3.66. The maximum absolute atomic E-state index is 13.9. The van der Waals surface area contributed by atoms with E-state index in [4.69, 9.17) is 16.6 Å². The van der Waals surface area contributed by atoms with Crippen LogP contribution >= 0.6 is 12.2 Å². The Hall–Kier alpha value is -2.39. The van der Waals surface area contributed by atoms with Crippen LogP contribution in [0.15, 0.2) is 47.1 Å². The number of fused-ring (bicyclic) bond motifs is 1. The molecule has 1 amide bonds. The lowest BCUT2D eigenvalue weighted by atomic mass is 9.77. The summed E-state index contributed by atoms with van der Waals surface area (Å²) < 4.78 is 47.1. The highest BCUT2D eigenvalue weighted by Crippen LogP contribution is 2.46. The fourth-order valence-electron chi connectivity index (χ4n) is 4.05. The molecular weight excluding hydrogens is 391 g/mol. The van der Waals surface area contributed by atoms with Gasteiger partial charge in [0.15, 0.2) is 5.11 Å². The number of amides is 1. The second kappa shape index (κ2) is 6.89. The van der Waals surface area contributed by atoms with Crippen molar-refractivity contribution in [3.05, 3.63) is 54.0 Å². The van der Waals surface area contributed by atoms with E-state index >= 15 is 0 Å². The summed E-state index contributed by atoms with van der Waals surface area (Å²) in [5.74, 6) is -3.48. The average Bonchev–Trinajstić information content (AvgIpc) is 3.16. The maximum Gasteiger partial charge on any atom is 0.392 e. The minimum Gasteiger partial charge on any atom is -0.468 e. The number of halogens is 3. The van der Waals surface area contributed by atoms with Gasteiger partial charge in [-0.05, 0) is 49.3 Å². The van der Waals surface area contributed by atoms with Gasteiger partial charge in [0, 0.05) is 5.69 Å². The molecular formula is C19H18F3N3O2S. The first-order valence-corrected chi connectivity index (χ1v) is 9.24. The molecule has 1 aromatic carbocycles. The smallest absolute Gasteiger partial charge is 0.392 e. The van der Waals surface area contributed by atoms with E-state index < -0.39 is 36.1 Å². The number of rotatable bonds is 2. The number of piperidine rings is 1. The van der Waals surface area contributed by atoms with Crippen molar-refractivity contribution in [3.8, 4) is 0 Å². The number of alkyl halides is 3. The van der Waals surface area contributed by atoms with Crippen LogP contribution < -0.4 is 15.5 Å². The highest BCUT2D eigenvalue weighted by atomic mass is 32.1. The molecule has 5 nitrogen and oxygen atoms in total. The van der Waals surface area contributed by atoms with E-state index in [-0.39, 0.29) is 11.5 Å². The molecule has 2 saturated heterocycles. The number of furan rings is 1. The van der Waals surface area contributed by atoms with Gasteiger partial charge in [-0.1, -0.05) is 18.2 Å². The summed E-state index contributed by atoms with van der Waals surface area (Å²) in [5.41, 5.74) is 1.49. The molecule has 2 N–H and O–H groups in total. The summed E-state index contributed by atoms with van der Waals surface area (Å²) in [4.78, 5) is 14.1. The molecule has 0 saturated carbocycles. The molecule has 9 heteroatoms. The second-order valence-corrected chi connectivity index (χ2v) is 7.43. The summed E-state index contributed by atoms with van der Waals surface area (Å²) in [6.45, 7) is 1.84. The van der Waals surface area contributed by atoms with Crippen molar-refractivity contribution in [2.24, 2.45) is 11.8 Å². The number of carbonyl (C=O) groups is 1. The number of para-hydroxylation sites is 1. The zero-order valence-corrected chi connectivity index (χ0v) is 15.7. The first-order chi connectivity index (χ1) is 13.3. The number of nitrogens with one attached hydrogen (secondary N) is 2. The van der Waals surface area contributed by atoms with Gasteiger partial charge in [-0.2, -0.15) is 13.2 Å². The Labute approximate surface area is 164 Å². The van der Waals surface area contributed by atoms with Crippen LogP contribution in [0.25, 0.3) is 0 Å². The standard InChI is InChI=1S/C19H18F3N3O2S/c1-10-5-2-3-6-13(10)25-16-15(17(26)24-18(25)28)11(19(20,21)22)9-12(23-16)14-7-4-8-27-14/h2-8,11-12,15-16,23H,9H2,1H3,(H,24,26,28). The van der Waals surface area contributed by atoms with Crippen molar-refractivity contribution in [2.75, 3.05) is 4.90 Å². The van der Waals surface area contributed by atoms with E-state index in [2.05, 4.69) is 10.6 Å². The Morgan fingerprint density at radius 3 is 2.61 bits per heavy atom. The minimum absolute atomic E-state index is 0.0778. The van der Waals surface area contributed by atoms with Gasteiger partial charge in [-0.15, -0.1) is 0 Å². The van der Waals surface area contributed by atoms with Gasteiger partial charge >= 0.3 is 6.18 Å². The molecule has 0 bridgehead atoms. The first-order valence-electron chi connectivity index (χ1n) is 8.83. The molecule has 1 aromatic heterocycles. The summed E-state index contributed by atoms with van der Waals surface area (Å²) >= 11 is 5.33. The lowest BCUT2D eigenvalue weighted by molar-refractivity contribution is -0.204. The monoisotopic (exact) mass is 409 g/mol. The van der Waals surface area contributed by atoms with Gasteiger partial charge < -0.3 is 14.6 Å². The average molecular weight is 409 g/mol. The Bertz CT molecular complexity index is 900. The van der Waals surface area contributed by atoms with E-state index in [0.717, 1.165) is 5.56 Å². The molecule has 2 fully saturated rings. The van der Waals surface area contributed by atoms with E-state index in [1.54, 1.807) is 29.2 Å². The molecule has 148 valence electrons. The highest BCUT2D eigenvalue weighted by molar-refractivity contribution is 7.80. The van der Waals surface area contributed by atoms with Crippen molar-refractivity contribution in [2.45, 2.75) is 31.7 Å². The Morgan fingerprint density at radius 1 is 1.21 bits per heavy atom. The molecule has 0 spiro atoms. The van der Waals surface area contributed by atoms with Crippen molar-refractivity contribution in [3.63, 3.8) is 0 Å². The van der Waals surface area contributed by atoms with Crippen molar-refractivity contribution in [1.82, 2.24) is 10.6 Å². The Kier molecular flexibility index (Phi) is 4.67. The minimum atomic E-state index is -4.54. The van der Waals surface area contributed by atoms with Gasteiger partial charge in [-0.3, -0.25) is 10.1 Å². The summed E-state index contributed by atoms with van der Waals surface area (Å²) in [5, 5.41) is 5.72. The fraction of sp³-hybridized carbons (Fsp3) is 0.368. The predicted molar refractivity (Wildman–Crippen MR) is 100 cm³/mol.